The van der Waals surface area contributed by atoms with E-state index in [1.807, 2.05) is 5.48 Å². The fourth-order valence-electron chi connectivity index (χ4n) is 0.215. The summed E-state index contributed by atoms with van der Waals surface area (Å²) in [6.07, 6.45) is 3.26. The van der Waals surface area contributed by atoms with Crippen LogP contribution in [0.15, 0.2) is 16.9 Å². The van der Waals surface area contributed by atoms with Crippen molar-refractivity contribution < 1.29 is 5.21 Å². The van der Waals surface area contributed by atoms with Gasteiger partial charge in [0, 0.05) is 12.3 Å². The Bertz CT molecular complexity index is 105. The Hall–Kier alpha value is -0.830. The first-order valence-electron chi connectivity index (χ1n) is 1.58. The first kappa shape index (κ1) is 3.36. The molecule has 1 rings (SSSR count). The number of hydrogen-bond acceptors (Lipinski definition) is 3. The second-order valence-electron chi connectivity index (χ2n) is 0.942. The van der Waals surface area contributed by atoms with E-state index in [9.17, 15) is 0 Å². The van der Waals surface area contributed by atoms with Crippen LogP contribution in [0, 0.1) is 0 Å². The molecular weight excluding hydrogens is 80.0 g/mol. The summed E-state index contributed by atoms with van der Waals surface area (Å²) < 4.78 is 0. The van der Waals surface area contributed by atoms with Gasteiger partial charge < -0.3 is 0 Å². The molecule has 0 aliphatic carbocycles. The number of rotatable bonds is 1. The molecule has 0 aromatic rings. The molecule has 0 spiro atoms. The Morgan fingerprint density at radius 1 is 1.83 bits per heavy atom. The molecule has 0 radical (unpaired) electrons. The summed E-state index contributed by atoms with van der Waals surface area (Å²) in [6, 6.07) is 0. The topological polar surface area (TPSA) is 44.6 Å². The molecule has 0 aromatic heterocycles. The largest absolute Gasteiger partial charge is 0.290 e. The smallest absolute Gasteiger partial charge is 0.150 e. The van der Waals surface area contributed by atoms with Gasteiger partial charge in [-0.1, -0.05) is 0 Å². The zero-order chi connectivity index (χ0) is 4.41. The van der Waals surface area contributed by atoms with Crippen LogP contribution in [0.4, 0.5) is 0 Å². The van der Waals surface area contributed by atoms with Crippen LogP contribution in [0.1, 0.15) is 0 Å². The van der Waals surface area contributed by atoms with Crippen molar-refractivity contribution in [1.82, 2.24) is 5.48 Å². The van der Waals surface area contributed by atoms with Gasteiger partial charge in [-0.15, -0.1) is 0 Å². The standard InChI is InChI=1S/C3H4N2O/c6-5-3-1-2-4-3/h1-2,6H,(H,4,5). The molecule has 0 bridgehead atoms. The number of aliphatic imine (C=N–C) groups is 1. The van der Waals surface area contributed by atoms with Crippen LogP contribution in [0.25, 0.3) is 0 Å². The Labute approximate surface area is 35.0 Å². The molecule has 3 heteroatoms. The predicted molar refractivity (Wildman–Crippen MR) is 21.5 cm³/mol. The molecule has 1 aliphatic rings. The van der Waals surface area contributed by atoms with Gasteiger partial charge in [-0.05, 0) is 0 Å². The van der Waals surface area contributed by atoms with E-state index < -0.39 is 0 Å². The molecule has 3 nitrogen and oxygen atoms in total. The summed E-state index contributed by atoms with van der Waals surface area (Å²) in [4.78, 5) is 3.56. The second kappa shape index (κ2) is 1.10. The van der Waals surface area contributed by atoms with E-state index in [4.69, 9.17) is 5.21 Å². The normalized spacial score (nSPS) is 15.8. The highest BCUT2D eigenvalue weighted by Crippen LogP contribution is 1.94. The van der Waals surface area contributed by atoms with Crippen molar-refractivity contribution in [2.24, 2.45) is 4.99 Å². The summed E-state index contributed by atoms with van der Waals surface area (Å²) in [5, 5.41) is 7.95. The van der Waals surface area contributed by atoms with Gasteiger partial charge in [0.05, 0.1) is 0 Å². The van der Waals surface area contributed by atoms with Crippen molar-refractivity contribution in [3.63, 3.8) is 0 Å². The first-order valence-corrected chi connectivity index (χ1v) is 1.58. The van der Waals surface area contributed by atoms with Crippen molar-refractivity contribution in [2.75, 3.05) is 0 Å². The van der Waals surface area contributed by atoms with Crippen molar-refractivity contribution in [3.05, 3.63) is 11.9 Å². The van der Waals surface area contributed by atoms with E-state index in [0.29, 0.717) is 5.82 Å². The minimum Gasteiger partial charge on any atom is -0.290 e. The highest BCUT2D eigenvalue weighted by molar-refractivity contribution is 5.78. The maximum absolute atomic E-state index is 7.95. The molecule has 0 saturated carbocycles. The number of nitrogens with one attached hydrogen (secondary N) is 1. The summed E-state index contributed by atoms with van der Waals surface area (Å²) in [6.45, 7) is 0. The lowest BCUT2D eigenvalue weighted by molar-refractivity contribution is 0.198. The molecule has 0 aromatic carbocycles. The lowest BCUT2D eigenvalue weighted by Gasteiger charge is -1.99. The van der Waals surface area contributed by atoms with Crippen LogP contribution in [-0.2, 0) is 0 Å². The molecule has 1 aliphatic heterocycles. The van der Waals surface area contributed by atoms with E-state index >= 15 is 0 Å². The fraction of sp³-hybridized carbons (Fsp3) is 0. The van der Waals surface area contributed by atoms with Crippen molar-refractivity contribution in [2.45, 2.75) is 0 Å². The van der Waals surface area contributed by atoms with E-state index in [2.05, 4.69) is 4.99 Å². The third-order valence-electron chi connectivity index (χ3n) is 0.561. The quantitative estimate of drug-likeness (QED) is 0.435. The van der Waals surface area contributed by atoms with Crippen LogP contribution in [-0.4, -0.2) is 11.4 Å². The van der Waals surface area contributed by atoms with Crippen molar-refractivity contribution in [3.8, 4) is 0 Å². The van der Waals surface area contributed by atoms with Crippen LogP contribution in [0.5, 0.6) is 0 Å². The second-order valence-corrected chi connectivity index (χ2v) is 0.942. The van der Waals surface area contributed by atoms with Gasteiger partial charge in [0.15, 0.2) is 5.82 Å². The van der Waals surface area contributed by atoms with Gasteiger partial charge in [-0.2, -0.15) is 0 Å². The molecule has 0 saturated heterocycles. The van der Waals surface area contributed by atoms with Gasteiger partial charge >= 0.3 is 0 Å². The van der Waals surface area contributed by atoms with E-state index in [1.165, 1.54) is 0 Å². The van der Waals surface area contributed by atoms with Crippen LogP contribution in [0.2, 0.25) is 0 Å². The maximum Gasteiger partial charge on any atom is 0.150 e. The van der Waals surface area contributed by atoms with Crippen LogP contribution in [0.3, 0.4) is 0 Å². The van der Waals surface area contributed by atoms with E-state index in [-0.39, 0.29) is 0 Å². The molecule has 6 heavy (non-hydrogen) atoms. The van der Waals surface area contributed by atoms with Gasteiger partial charge in [0.2, 0.25) is 0 Å². The summed E-state index contributed by atoms with van der Waals surface area (Å²) in [5.74, 6) is 0.523. The zero-order valence-corrected chi connectivity index (χ0v) is 3.05. The fourth-order valence-corrected chi connectivity index (χ4v) is 0.215. The minimum atomic E-state index is 0.523. The maximum atomic E-state index is 7.95. The SMILES string of the molecule is ONC1=CC=N1. The highest BCUT2D eigenvalue weighted by Gasteiger charge is 1.91. The number of allylic oxidation sites excluding steroid dienone is 1. The van der Waals surface area contributed by atoms with Crippen molar-refractivity contribution >= 4 is 6.21 Å². The monoisotopic (exact) mass is 84.0 g/mol. The Kier molecular flexibility index (Phi) is 0.617. The molecule has 2 N–H and O–H groups in total. The highest BCUT2D eigenvalue weighted by atomic mass is 16.5. The van der Waals surface area contributed by atoms with E-state index in [1.54, 1.807) is 12.3 Å². The number of hydroxylamine groups is 1. The van der Waals surface area contributed by atoms with Crippen molar-refractivity contribution in [1.29, 1.82) is 0 Å². The summed E-state index contributed by atoms with van der Waals surface area (Å²) in [5.41, 5.74) is 1.86. The number of nitrogens with zero attached hydrogens (tertiary/aromatic N) is 1. The zero-order valence-electron chi connectivity index (χ0n) is 3.05. The van der Waals surface area contributed by atoms with Gasteiger partial charge in [0.1, 0.15) is 0 Å². The van der Waals surface area contributed by atoms with Crippen LogP contribution >= 0.6 is 0 Å². The molecule has 32 valence electrons. The molecule has 0 atom stereocenters. The molecule has 0 unspecified atom stereocenters. The molecule has 0 amide bonds. The molecular formula is C3H4N2O. The van der Waals surface area contributed by atoms with E-state index in [0.717, 1.165) is 0 Å². The first-order chi connectivity index (χ1) is 2.93. The third kappa shape index (κ3) is 0.290. The molecule has 0 fully saturated rings. The average molecular weight is 84.1 g/mol. The minimum absolute atomic E-state index is 0.523. The number of hydrogen-bond donors (Lipinski definition) is 2. The van der Waals surface area contributed by atoms with Crippen LogP contribution < -0.4 is 5.48 Å². The summed E-state index contributed by atoms with van der Waals surface area (Å²) >= 11 is 0. The Morgan fingerprint density at radius 3 is 2.50 bits per heavy atom. The third-order valence-corrected chi connectivity index (χ3v) is 0.561. The lowest BCUT2D eigenvalue weighted by Crippen LogP contribution is -2.08. The average Bonchev–Trinajstić information content (AvgIpc) is 1.31. The Balaban J connectivity index is 2.37. The molecule has 1 heterocycles. The summed E-state index contributed by atoms with van der Waals surface area (Å²) in [7, 11) is 0. The Morgan fingerprint density at radius 2 is 2.50 bits per heavy atom. The lowest BCUT2D eigenvalue weighted by atomic mass is 10.5. The van der Waals surface area contributed by atoms with Gasteiger partial charge in [-0.3, -0.25) is 10.7 Å². The predicted octanol–water partition coefficient (Wildman–Crippen LogP) is -0.109. The van der Waals surface area contributed by atoms with Gasteiger partial charge in [0.25, 0.3) is 0 Å². The van der Waals surface area contributed by atoms with Gasteiger partial charge in [-0.25, -0.2) is 4.99 Å².